The van der Waals surface area contributed by atoms with Crippen LogP contribution in [0.2, 0.25) is 0 Å². The first-order valence-electron chi connectivity index (χ1n) is 9.97. The van der Waals surface area contributed by atoms with Crippen LogP contribution in [0.3, 0.4) is 0 Å². The third-order valence-electron chi connectivity index (χ3n) is 4.74. The molecule has 4 rings (SSSR count). The van der Waals surface area contributed by atoms with Crippen molar-refractivity contribution < 1.29 is 8.83 Å². The summed E-state index contributed by atoms with van der Waals surface area (Å²) in [5, 5.41) is 12.8. The lowest BCUT2D eigenvalue weighted by atomic mass is 10.2. The number of hydrogen-bond acceptors (Lipinski definition) is 6. The van der Waals surface area contributed by atoms with E-state index < -0.39 is 0 Å². The average Bonchev–Trinajstić information content (AvgIpc) is 3.52. The summed E-state index contributed by atoms with van der Waals surface area (Å²) >= 11 is 0. The molecule has 0 aliphatic heterocycles. The maximum atomic E-state index is 5.51. The maximum Gasteiger partial charge on any atom is 0.204 e. The highest BCUT2D eigenvalue weighted by molar-refractivity contribution is 5.52. The van der Waals surface area contributed by atoms with Gasteiger partial charge in [-0.3, -0.25) is 4.90 Å². The minimum Gasteiger partial charge on any atom is -0.468 e. The Morgan fingerprint density at radius 1 is 0.793 bits per heavy atom. The van der Waals surface area contributed by atoms with Crippen molar-refractivity contribution in [3.05, 3.63) is 78.6 Å². The first-order chi connectivity index (χ1) is 14.4. The molecule has 1 aromatic carbocycles. The van der Waals surface area contributed by atoms with Crippen molar-refractivity contribution >= 4 is 0 Å². The third-order valence-corrected chi connectivity index (χ3v) is 4.74. The molecule has 0 N–H and O–H groups in total. The molecule has 150 valence electrons. The van der Waals surface area contributed by atoms with Crippen LogP contribution in [0.1, 0.15) is 30.8 Å². The fourth-order valence-electron chi connectivity index (χ4n) is 3.27. The fourth-order valence-corrected chi connectivity index (χ4v) is 3.27. The van der Waals surface area contributed by atoms with Crippen LogP contribution >= 0.6 is 0 Å². The largest absolute Gasteiger partial charge is 0.468 e. The molecule has 0 amide bonds. The molecule has 0 bridgehead atoms. The van der Waals surface area contributed by atoms with Gasteiger partial charge in [0, 0.05) is 5.56 Å². The lowest BCUT2D eigenvalue weighted by Gasteiger charge is -2.20. The zero-order valence-electron chi connectivity index (χ0n) is 16.4. The van der Waals surface area contributed by atoms with E-state index in [0.717, 1.165) is 62.5 Å². The Morgan fingerprint density at radius 2 is 1.52 bits per heavy atom. The SMILES string of the molecule is c1ccc(-c2nnn(CCCCCN(Cc3ccco3)Cc3ccco3)n2)cc1. The number of unbranched alkanes of at least 4 members (excludes halogenated alkanes) is 2. The number of nitrogens with zero attached hydrogens (tertiary/aromatic N) is 5. The van der Waals surface area contributed by atoms with Crippen LogP contribution < -0.4 is 0 Å². The molecule has 0 radical (unpaired) electrons. The molecule has 0 aliphatic carbocycles. The van der Waals surface area contributed by atoms with E-state index in [1.54, 1.807) is 17.3 Å². The Balaban J connectivity index is 1.22. The molecule has 4 aromatic rings. The first kappa shape index (κ1) is 19.1. The Morgan fingerprint density at radius 3 is 2.17 bits per heavy atom. The van der Waals surface area contributed by atoms with Crippen LogP contribution in [-0.4, -0.2) is 31.7 Å². The lowest BCUT2D eigenvalue weighted by molar-refractivity contribution is 0.212. The highest BCUT2D eigenvalue weighted by Gasteiger charge is 2.11. The Kier molecular flexibility index (Phi) is 6.49. The fraction of sp³-hybridized carbons (Fsp3) is 0.318. The number of benzene rings is 1. The number of rotatable bonds is 11. The van der Waals surface area contributed by atoms with E-state index in [1.807, 2.05) is 54.6 Å². The molecule has 0 saturated carbocycles. The minimum atomic E-state index is 0.675. The van der Waals surface area contributed by atoms with Gasteiger partial charge in [0.2, 0.25) is 5.82 Å². The second-order valence-corrected chi connectivity index (χ2v) is 7.01. The van der Waals surface area contributed by atoms with Gasteiger partial charge in [-0.2, -0.15) is 4.80 Å². The summed E-state index contributed by atoms with van der Waals surface area (Å²) in [6.07, 6.45) is 6.63. The van der Waals surface area contributed by atoms with Crippen molar-refractivity contribution in [3.63, 3.8) is 0 Å². The molecule has 0 spiro atoms. The van der Waals surface area contributed by atoms with Gasteiger partial charge in [0.05, 0.1) is 32.2 Å². The third kappa shape index (κ3) is 5.65. The van der Waals surface area contributed by atoms with Gasteiger partial charge >= 0.3 is 0 Å². The van der Waals surface area contributed by atoms with Crippen LogP contribution in [0.4, 0.5) is 0 Å². The van der Waals surface area contributed by atoms with E-state index in [0.29, 0.717) is 5.82 Å². The highest BCUT2D eigenvalue weighted by Crippen LogP contribution is 2.14. The van der Waals surface area contributed by atoms with Gasteiger partial charge in [-0.1, -0.05) is 36.8 Å². The van der Waals surface area contributed by atoms with Gasteiger partial charge in [-0.25, -0.2) is 0 Å². The predicted molar refractivity (Wildman–Crippen MR) is 109 cm³/mol. The first-order valence-corrected chi connectivity index (χ1v) is 9.97. The standard InChI is InChI=1S/C22H25N5O2/c1-3-9-19(10-4-1)22-23-25-27(24-22)14-6-2-5-13-26(17-20-11-7-15-28-20)18-21-12-8-16-29-21/h1,3-4,7-12,15-16H,2,5-6,13-14,17-18H2. The summed E-state index contributed by atoms with van der Waals surface area (Å²) in [5.41, 5.74) is 0.991. The summed E-state index contributed by atoms with van der Waals surface area (Å²) < 4.78 is 11.0. The molecule has 0 saturated heterocycles. The predicted octanol–water partition coefficient (Wildman–Crippen LogP) is 4.40. The van der Waals surface area contributed by atoms with Crippen LogP contribution in [0.5, 0.6) is 0 Å². The van der Waals surface area contributed by atoms with Crippen LogP contribution in [0.15, 0.2) is 76.0 Å². The van der Waals surface area contributed by atoms with Crippen molar-refractivity contribution in [1.29, 1.82) is 0 Å². The number of aryl methyl sites for hydroxylation is 1. The molecule has 3 heterocycles. The minimum absolute atomic E-state index is 0.675. The molecule has 3 aromatic heterocycles. The van der Waals surface area contributed by atoms with Gasteiger partial charge in [0.1, 0.15) is 11.5 Å². The van der Waals surface area contributed by atoms with Crippen LogP contribution in [0.25, 0.3) is 11.4 Å². The van der Waals surface area contributed by atoms with E-state index in [-0.39, 0.29) is 0 Å². The Hall–Kier alpha value is -3.19. The number of hydrogen-bond donors (Lipinski definition) is 0. The quantitative estimate of drug-likeness (QED) is 0.353. The number of aromatic nitrogens is 4. The van der Waals surface area contributed by atoms with Crippen LogP contribution in [-0.2, 0) is 19.6 Å². The summed E-state index contributed by atoms with van der Waals surface area (Å²) in [5.74, 6) is 2.61. The second-order valence-electron chi connectivity index (χ2n) is 7.01. The zero-order chi connectivity index (χ0) is 19.7. The summed E-state index contributed by atoms with van der Waals surface area (Å²) in [7, 11) is 0. The lowest BCUT2D eigenvalue weighted by Crippen LogP contribution is -2.23. The average molecular weight is 391 g/mol. The normalized spacial score (nSPS) is 11.3. The van der Waals surface area contributed by atoms with Gasteiger partial charge in [-0.15, -0.1) is 10.2 Å². The second kappa shape index (κ2) is 9.84. The molecule has 0 unspecified atom stereocenters. The topological polar surface area (TPSA) is 73.1 Å². The highest BCUT2D eigenvalue weighted by atomic mass is 16.3. The van der Waals surface area contributed by atoms with Crippen molar-refractivity contribution in [1.82, 2.24) is 25.1 Å². The number of tetrazole rings is 1. The zero-order valence-corrected chi connectivity index (χ0v) is 16.4. The number of furan rings is 2. The summed E-state index contributed by atoms with van der Waals surface area (Å²) in [6.45, 7) is 3.30. The van der Waals surface area contributed by atoms with Crippen molar-refractivity contribution in [3.8, 4) is 11.4 Å². The van der Waals surface area contributed by atoms with E-state index in [4.69, 9.17) is 8.83 Å². The van der Waals surface area contributed by atoms with Crippen molar-refractivity contribution in [2.24, 2.45) is 0 Å². The Labute approximate surface area is 169 Å². The van der Waals surface area contributed by atoms with Crippen LogP contribution in [0, 0.1) is 0 Å². The maximum absolute atomic E-state index is 5.51. The molecule has 0 atom stereocenters. The van der Waals surface area contributed by atoms with Crippen molar-refractivity contribution in [2.45, 2.75) is 38.9 Å². The molecular formula is C22H25N5O2. The van der Waals surface area contributed by atoms with E-state index in [1.165, 1.54) is 0 Å². The molecule has 29 heavy (non-hydrogen) atoms. The van der Waals surface area contributed by atoms with E-state index in [2.05, 4.69) is 20.3 Å². The summed E-state index contributed by atoms with van der Waals surface area (Å²) in [4.78, 5) is 4.03. The Bertz CT molecular complexity index is 912. The van der Waals surface area contributed by atoms with Gasteiger partial charge in [0.25, 0.3) is 0 Å². The molecule has 7 nitrogen and oxygen atoms in total. The monoisotopic (exact) mass is 391 g/mol. The molecular weight excluding hydrogens is 366 g/mol. The van der Waals surface area contributed by atoms with Gasteiger partial charge < -0.3 is 8.83 Å². The molecule has 0 fully saturated rings. The van der Waals surface area contributed by atoms with Gasteiger partial charge in [0.15, 0.2) is 0 Å². The smallest absolute Gasteiger partial charge is 0.204 e. The van der Waals surface area contributed by atoms with E-state index >= 15 is 0 Å². The van der Waals surface area contributed by atoms with Crippen molar-refractivity contribution in [2.75, 3.05) is 6.54 Å². The molecule has 7 heteroatoms. The summed E-state index contributed by atoms with van der Waals surface area (Å²) in [6, 6.07) is 17.8. The van der Waals surface area contributed by atoms with Gasteiger partial charge in [-0.05, 0) is 48.9 Å². The molecule has 0 aliphatic rings. The van der Waals surface area contributed by atoms with E-state index in [9.17, 15) is 0 Å².